The Balaban J connectivity index is 1.58. The number of nitrogens with one attached hydrogen (secondary N) is 2. The second-order valence-corrected chi connectivity index (χ2v) is 6.31. The molecule has 0 spiro atoms. The third-order valence-corrected chi connectivity index (χ3v) is 4.38. The summed E-state index contributed by atoms with van der Waals surface area (Å²) in [6, 6.07) is 10.8. The van der Waals surface area contributed by atoms with Crippen molar-refractivity contribution in [1.29, 1.82) is 0 Å². The van der Waals surface area contributed by atoms with Crippen LogP contribution in [0.15, 0.2) is 42.6 Å². The van der Waals surface area contributed by atoms with Crippen LogP contribution in [-0.2, 0) is 4.74 Å². The molecule has 0 unspecified atom stereocenters. The van der Waals surface area contributed by atoms with E-state index < -0.39 is 0 Å². The lowest BCUT2D eigenvalue weighted by atomic mass is 10.2. The van der Waals surface area contributed by atoms with Crippen molar-refractivity contribution >= 4 is 23.4 Å². The number of esters is 1. The summed E-state index contributed by atoms with van der Waals surface area (Å²) >= 11 is 0. The van der Waals surface area contributed by atoms with Crippen LogP contribution < -0.4 is 10.6 Å². The lowest BCUT2D eigenvalue weighted by Crippen LogP contribution is -2.32. The third-order valence-electron chi connectivity index (χ3n) is 4.38. The van der Waals surface area contributed by atoms with E-state index in [1.54, 1.807) is 49.5 Å². The molecule has 0 atom stereocenters. The van der Waals surface area contributed by atoms with E-state index in [0.717, 1.165) is 18.5 Å². The standard InChI is InChI=1S/C20H23N3O3/c1-2-26-20(25)14-7-10-17(11-8-14)22-18-12-9-15(13-21-18)19(24)23-16-5-3-4-6-16/h7-13,16H,2-6H2,1H3,(H,21,22)(H,23,24). The SMILES string of the molecule is CCOC(=O)c1ccc(Nc2ccc(C(=O)NC3CCCC3)cn2)cc1. The molecule has 1 aliphatic carbocycles. The molecule has 26 heavy (non-hydrogen) atoms. The fraction of sp³-hybridized carbons (Fsp3) is 0.350. The predicted octanol–water partition coefficient (Wildman–Crippen LogP) is 3.67. The van der Waals surface area contributed by atoms with Gasteiger partial charge in [-0.2, -0.15) is 0 Å². The van der Waals surface area contributed by atoms with Gasteiger partial charge in [-0.05, 0) is 56.2 Å². The van der Waals surface area contributed by atoms with E-state index in [1.165, 1.54) is 12.8 Å². The minimum atomic E-state index is -0.338. The Labute approximate surface area is 153 Å². The lowest BCUT2D eigenvalue weighted by Gasteiger charge is -2.12. The van der Waals surface area contributed by atoms with Crippen molar-refractivity contribution < 1.29 is 14.3 Å². The maximum Gasteiger partial charge on any atom is 0.338 e. The number of hydrogen-bond donors (Lipinski definition) is 2. The number of ether oxygens (including phenoxy) is 1. The molecular formula is C20H23N3O3. The molecule has 2 N–H and O–H groups in total. The molecule has 0 aliphatic heterocycles. The normalized spacial score (nSPS) is 14.0. The Morgan fingerprint density at radius 2 is 1.77 bits per heavy atom. The van der Waals surface area contributed by atoms with Crippen molar-refractivity contribution in [3.8, 4) is 0 Å². The summed E-state index contributed by atoms with van der Waals surface area (Å²) in [5.41, 5.74) is 1.86. The monoisotopic (exact) mass is 353 g/mol. The number of anilines is 2. The zero-order valence-corrected chi connectivity index (χ0v) is 14.8. The number of rotatable bonds is 6. The van der Waals surface area contributed by atoms with Crippen molar-refractivity contribution in [3.63, 3.8) is 0 Å². The van der Waals surface area contributed by atoms with E-state index in [1.807, 2.05) is 0 Å². The van der Waals surface area contributed by atoms with Crippen molar-refractivity contribution in [2.45, 2.75) is 38.6 Å². The van der Waals surface area contributed by atoms with Crippen LogP contribution >= 0.6 is 0 Å². The summed E-state index contributed by atoms with van der Waals surface area (Å²) < 4.78 is 4.96. The molecule has 1 aromatic carbocycles. The van der Waals surface area contributed by atoms with Crippen LogP contribution in [0.5, 0.6) is 0 Å². The molecule has 3 rings (SSSR count). The second-order valence-electron chi connectivity index (χ2n) is 6.31. The fourth-order valence-corrected chi connectivity index (χ4v) is 2.99. The predicted molar refractivity (Wildman–Crippen MR) is 99.6 cm³/mol. The van der Waals surface area contributed by atoms with Gasteiger partial charge in [0.2, 0.25) is 0 Å². The molecule has 1 amide bonds. The Kier molecular flexibility index (Phi) is 5.84. The van der Waals surface area contributed by atoms with Crippen LogP contribution in [0.25, 0.3) is 0 Å². The zero-order chi connectivity index (χ0) is 18.4. The van der Waals surface area contributed by atoms with Crippen molar-refractivity contribution in [1.82, 2.24) is 10.3 Å². The highest BCUT2D eigenvalue weighted by Gasteiger charge is 2.18. The van der Waals surface area contributed by atoms with E-state index in [-0.39, 0.29) is 11.9 Å². The van der Waals surface area contributed by atoms with Crippen LogP contribution in [0.2, 0.25) is 0 Å². The molecule has 1 heterocycles. The molecule has 6 heteroatoms. The maximum atomic E-state index is 12.2. The first kappa shape index (κ1) is 17.9. The summed E-state index contributed by atoms with van der Waals surface area (Å²) in [6.07, 6.45) is 6.04. The van der Waals surface area contributed by atoms with Crippen molar-refractivity contribution in [2.24, 2.45) is 0 Å². The first-order valence-corrected chi connectivity index (χ1v) is 8.97. The Hall–Kier alpha value is -2.89. The van der Waals surface area contributed by atoms with Crippen LogP contribution in [0, 0.1) is 0 Å². The molecule has 136 valence electrons. The van der Waals surface area contributed by atoms with Crippen LogP contribution in [0.3, 0.4) is 0 Å². The number of pyridine rings is 1. The zero-order valence-electron chi connectivity index (χ0n) is 14.8. The molecular weight excluding hydrogens is 330 g/mol. The van der Waals surface area contributed by atoms with E-state index in [2.05, 4.69) is 15.6 Å². The largest absolute Gasteiger partial charge is 0.462 e. The number of benzene rings is 1. The summed E-state index contributed by atoms with van der Waals surface area (Å²) in [6.45, 7) is 2.13. The van der Waals surface area contributed by atoms with Gasteiger partial charge in [0, 0.05) is 17.9 Å². The lowest BCUT2D eigenvalue weighted by molar-refractivity contribution is 0.0526. The van der Waals surface area contributed by atoms with Crippen molar-refractivity contribution in [2.75, 3.05) is 11.9 Å². The molecule has 0 radical (unpaired) electrons. The average molecular weight is 353 g/mol. The van der Waals surface area contributed by atoms with E-state index in [4.69, 9.17) is 4.74 Å². The highest BCUT2D eigenvalue weighted by Crippen LogP contribution is 2.19. The summed E-state index contributed by atoms with van der Waals surface area (Å²) in [5, 5.41) is 6.19. The van der Waals surface area contributed by atoms with Crippen molar-refractivity contribution in [3.05, 3.63) is 53.7 Å². The highest BCUT2D eigenvalue weighted by atomic mass is 16.5. The van der Waals surface area contributed by atoms with Gasteiger partial charge < -0.3 is 15.4 Å². The molecule has 1 saturated carbocycles. The van der Waals surface area contributed by atoms with Gasteiger partial charge in [-0.3, -0.25) is 4.79 Å². The first-order valence-electron chi connectivity index (χ1n) is 8.97. The quantitative estimate of drug-likeness (QED) is 0.775. The fourth-order valence-electron chi connectivity index (χ4n) is 2.99. The second kappa shape index (κ2) is 8.47. The number of carbonyl (C=O) groups is 2. The molecule has 0 bridgehead atoms. The van der Waals surface area contributed by atoms with E-state index >= 15 is 0 Å². The Bertz CT molecular complexity index is 751. The Morgan fingerprint density at radius 3 is 2.38 bits per heavy atom. The molecule has 1 aromatic heterocycles. The van der Waals surface area contributed by atoms with Gasteiger partial charge in [-0.15, -0.1) is 0 Å². The van der Waals surface area contributed by atoms with E-state index in [0.29, 0.717) is 29.6 Å². The molecule has 1 fully saturated rings. The van der Waals surface area contributed by atoms with Gasteiger partial charge in [0.1, 0.15) is 5.82 Å². The number of amides is 1. The number of carbonyl (C=O) groups excluding carboxylic acids is 2. The number of aromatic nitrogens is 1. The minimum absolute atomic E-state index is 0.0743. The van der Waals surface area contributed by atoms with Gasteiger partial charge in [-0.25, -0.2) is 9.78 Å². The number of nitrogens with zero attached hydrogens (tertiary/aromatic N) is 1. The van der Waals surface area contributed by atoms with Crippen LogP contribution in [0.4, 0.5) is 11.5 Å². The van der Waals surface area contributed by atoms with Crippen LogP contribution in [-0.4, -0.2) is 29.5 Å². The molecule has 6 nitrogen and oxygen atoms in total. The third kappa shape index (κ3) is 4.59. The van der Waals surface area contributed by atoms with Gasteiger partial charge in [0.25, 0.3) is 5.91 Å². The topological polar surface area (TPSA) is 80.3 Å². The Morgan fingerprint density at radius 1 is 1.08 bits per heavy atom. The average Bonchev–Trinajstić information content (AvgIpc) is 3.16. The van der Waals surface area contributed by atoms with Gasteiger partial charge in [0.15, 0.2) is 0 Å². The summed E-state index contributed by atoms with van der Waals surface area (Å²) in [7, 11) is 0. The first-order chi connectivity index (χ1) is 12.7. The summed E-state index contributed by atoms with van der Waals surface area (Å²) in [4.78, 5) is 28.1. The van der Waals surface area contributed by atoms with E-state index in [9.17, 15) is 9.59 Å². The van der Waals surface area contributed by atoms with Gasteiger partial charge in [0.05, 0.1) is 17.7 Å². The van der Waals surface area contributed by atoms with Gasteiger partial charge in [-0.1, -0.05) is 12.8 Å². The van der Waals surface area contributed by atoms with Crippen LogP contribution in [0.1, 0.15) is 53.3 Å². The van der Waals surface area contributed by atoms with Gasteiger partial charge >= 0.3 is 5.97 Å². The smallest absolute Gasteiger partial charge is 0.338 e. The highest BCUT2D eigenvalue weighted by molar-refractivity contribution is 5.94. The molecule has 2 aromatic rings. The maximum absolute atomic E-state index is 12.2. The molecule has 0 saturated heterocycles. The summed E-state index contributed by atoms with van der Waals surface area (Å²) in [5.74, 6) is 0.218. The molecule has 1 aliphatic rings. The minimum Gasteiger partial charge on any atom is -0.462 e. The number of hydrogen-bond acceptors (Lipinski definition) is 5.